The van der Waals surface area contributed by atoms with Gasteiger partial charge in [0, 0.05) is 23.2 Å². The lowest BCUT2D eigenvalue weighted by atomic mass is 9.77. The van der Waals surface area contributed by atoms with Crippen LogP contribution >= 0.6 is 0 Å². The van der Waals surface area contributed by atoms with E-state index in [1.165, 1.54) is 12.5 Å². The lowest BCUT2D eigenvalue weighted by Crippen LogP contribution is -2.49. The minimum atomic E-state index is -0.586. The van der Waals surface area contributed by atoms with Gasteiger partial charge in [0.2, 0.25) is 0 Å². The molecule has 1 fully saturated rings. The maximum absolute atomic E-state index is 14.5. The maximum atomic E-state index is 14.5. The molecule has 1 aromatic heterocycles. The van der Waals surface area contributed by atoms with Gasteiger partial charge in [0.25, 0.3) is 5.91 Å². The van der Waals surface area contributed by atoms with E-state index in [0.29, 0.717) is 17.3 Å². The number of halogens is 2. The highest BCUT2D eigenvalue weighted by molar-refractivity contribution is 5.94. The number of benzene rings is 1. The van der Waals surface area contributed by atoms with Crippen LogP contribution in [0.4, 0.5) is 8.78 Å². The van der Waals surface area contributed by atoms with Gasteiger partial charge in [-0.3, -0.25) is 4.79 Å². The van der Waals surface area contributed by atoms with Gasteiger partial charge in [-0.25, -0.2) is 8.78 Å². The smallest absolute Gasteiger partial charge is 0.299 e. The van der Waals surface area contributed by atoms with Crippen LogP contribution in [0.25, 0.3) is 10.9 Å². The number of amides is 1. The summed E-state index contributed by atoms with van der Waals surface area (Å²) in [5.41, 5.74) is 2.14. The number of carbonyl (C=O) groups is 1. The highest BCUT2D eigenvalue weighted by Gasteiger charge is 2.43. The Morgan fingerprint density at radius 2 is 2.03 bits per heavy atom. The summed E-state index contributed by atoms with van der Waals surface area (Å²) in [4.78, 5) is 18.0. The highest BCUT2D eigenvalue weighted by Crippen LogP contribution is 2.46. The molecule has 0 bridgehead atoms. The van der Waals surface area contributed by atoms with Crippen LogP contribution in [0.5, 0.6) is 0 Å². The zero-order valence-electron chi connectivity index (χ0n) is 16.9. The second-order valence-electron chi connectivity index (χ2n) is 8.53. The fourth-order valence-electron chi connectivity index (χ4n) is 5.43. The Labute approximate surface area is 170 Å². The van der Waals surface area contributed by atoms with E-state index in [4.69, 9.17) is 6.42 Å². The Balaban J connectivity index is 1.89. The van der Waals surface area contributed by atoms with Gasteiger partial charge in [-0.2, -0.15) is 0 Å². The number of carbonyl (C=O) groups excluding carboxylic acids is 1. The van der Waals surface area contributed by atoms with Crippen LogP contribution < -0.4 is 0 Å². The molecule has 4 rings (SSSR count). The first-order chi connectivity index (χ1) is 14.0. The molecule has 5 heteroatoms. The van der Waals surface area contributed by atoms with Gasteiger partial charge in [-0.05, 0) is 49.2 Å². The number of fused-ring (bicyclic) bond motifs is 3. The molecule has 1 saturated carbocycles. The van der Waals surface area contributed by atoms with Gasteiger partial charge >= 0.3 is 0 Å². The molecular weight excluding hydrogens is 370 g/mol. The maximum Gasteiger partial charge on any atom is 0.299 e. The molecule has 1 aliphatic carbocycles. The summed E-state index contributed by atoms with van der Waals surface area (Å²) in [6.07, 6.45) is 14.5. The molecule has 0 saturated heterocycles. The molecule has 2 aromatic rings. The number of rotatable bonds is 4. The number of aromatic nitrogens is 1. The Bertz CT molecular complexity index is 952. The molecule has 0 unspecified atom stereocenters. The summed E-state index contributed by atoms with van der Waals surface area (Å²) in [5, 5.41) is 0.604. The first kappa shape index (κ1) is 19.9. The second-order valence-corrected chi connectivity index (χ2v) is 8.53. The molecule has 1 N–H and O–H groups in total. The zero-order chi connectivity index (χ0) is 20.5. The number of terminal acetylenes is 1. The normalized spacial score (nSPS) is 22.5. The van der Waals surface area contributed by atoms with Crippen molar-refractivity contribution in [3.8, 4) is 12.3 Å². The van der Waals surface area contributed by atoms with Gasteiger partial charge in [0.1, 0.15) is 11.6 Å². The predicted octanol–water partition coefficient (Wildman–Crippen LogP) is 5.64. The Hall–Kier alpha value is -2.35. The third-order valence-corrected chi connectivity index (χ3v) is 6.74. The Morgan fingerprint density at radius 1 is 1.28 bits per heavy atom. The number of H-pyrrole nitrogens is 1. The summed E-state index contributed by atoms with van der Waals surface area (Å²) in [6.45, 7) is 2.12. The van der Waals surface area contributed by atoms with Crippen molar-refractivity contribution < 1.29 is 13.6 Å². The van der Waals surface area contributed by atoms with Crippen molar-refractivity contribution in [2.75, 3.05) is 0 Å². The fourth-order valence-corrected chi connectivity index (χ4v) is 5.43. The number of hydrogen-bond acceptors (Lipinski definition) is 1. The van der Waals surface area contributed by atoms with Crippen molar-refractivity contribution in [3.05, 3.63) is 35.0 Å². The van der Waals surface area contributed by atoms with Crippen LogP contribution in [0, 0.1) is 29.9 Å². The average molecular weight is 398 g/mol. The first-order valence-corrected chi connectivity index (χ1v) is 10.8. The van der Waals surface area contributed by atoms with Gasteiger partial charge in [0.05, 0.1) is 11.6 Å². The number of unbranched alkanes of at least 4 members (excludes halogenated alkanes) is 1. The standard InChI is InChI=1S/C24H28F2N2O/c1-3-5-11-17-14-19-18-12-16(25)13-20(26)22(18)27-23(19)24(28(17)21(29)4-2)15-9-7-6-8-10-15/h2,12-13,15,17,24,27H,3,5-11,14H2,1H3/t17-,24-/m0/s1. The predicted molar refractivity (Wildman–Crippen MR) is 110 cm³/mol. The minimum absolute atomic E-state index is 0.0387. The number of aromatic amines is 1. The average Bonchev–Trinajstić information content (AvgIpc) is 3.09. The van der Waals surface area contributed by atoms with E-state index in [2.05, 4.69) is 17.8 Å². The van der Waals surface area contributed by atoms with Crippen LogP contribution in [0.3, 0.4) is 0 Å². The molecular formula is C24H28F2N2O. The lowest BCUT2D eigenvalue weighted by Gasteiger charge is -2.45. The fraction of sp³-hybridized carbons (Fsp3) is 0.542. The van der Waals surface area contributed by atoms with Crippen LogP contribution in [0.2, 0.25) is 0 Å². The largest absolute Gasteiger partial charge is 0.354 e. The van der Waals surface area contributed by atoms with E-state index < -0.39 is 11.6 Å². The number of nitrogens with zero attached hydrogens (tertiary/aromatic N) is 1. The number of nitrogens with one attached hydrogen (secondary N) is 1. The molecule has 1 aliphatic heterocycles. The third kappa shape index (κ3) is 3.54. The monoisotopic (exact) mass is 398 g/mol. The van der Waals surface area contributed by atoms with Crippen molar-refractivity contribution in [1.29, 1.82) is 0 Å². The SMILES string of the molecule is C#CC(=O)N1[C@@H](CCCC)Cc2c([nH]c3c(F)cc(F)cc23)[C@@H]1C1CCCCC1. The minimum Gasteiger partial charge on any atom is -0.354 e. The van der Waals surface area contributed by atoms with Crippen molar-refractivity contribution in [1.82, 2.24) is 9.88 Å². The van der Waals surface area contributed by atoms with E-state index in [-0.39, 0.29) is 23.9 Å². The molecule has 2 aliphatic rings. The van der Waals surface area contributed by atoms with E-state index in [1.807, 2.05) is 4.90 Å². The first-order valence-electron chi connectivity index (χ1n) is 10.8. The second kappa shape index (κ2) is 8.18. The summed E-state index contributed by atoms with van der Waals surface area (Å²) in [6, 6.07) is 2.10. The summed E-state index contributed by atoms with van der Waals surface area (Å²) >= 11 is 0. The zero-order valence-corrected chi connectivity index (χ0v) is 16.9. The molecule has 154 valence electrons. The topological polar surface area (TPSA) is 36.1 Å². The lowest BCUT2D eigenvalue weighted by molar-refractivity contribution is -0.133. The van der Waals surface area contributed by atoms with E-state index in [9.17, 15) is 13.6 Å². The van der Waals surface area contributed by atoms with Crippen LogP contribution in [-0.4, -0.2) is 21.8 Å². The Kier molecular flexibility index (Phi) is 5.63. The summed E-state index contributed by atoms with van der Waals surface area (Å²) < 4.78 is 28.6. The van der Waals surface area contributed by atoms with Crippen LogP contribution in [0.15, 0.2) is 12.1 Å². The summed E-state index contributed by atoms with van der Waals surface area (Å²) in [5.74, 6) is 1.17. The van der Waals surface area contributed by atoms with Gasteiger partial charge in [0.15, 0.2) is 0 Å². The van der Waals surface area contributed by atoms with Gasteiger partial charge in [-0.1, -0.05) is 39.0 Å². The van der Waals surface area contributed by atoms with E-state index >= 15 is 0 Å². The Morgan fingerprint density at radius 3 is 2.72 bits per heavy atom. The van der Waals surface area contributed by atoms with Crippen molar-refractivity contribution in [2.45, 2.75) is 76.8 Å². The molecule has 1 amide bonds. The number of hydrogen-bond donors (Lipinski definition) is 1. The molecule has 2 atom stereocenters. The van der Waals surface area contributed by atoms with Crippen LogP contribution in [-0.2, 0) is 11.2 Å². The van der Waals surface area contributed by atoms with Gasteiger partial charge in [-0.15, -0.1) is 6.42 Å². The van der Waals surface area contributed by atoms with Crippen molar-refractivity contribution >= 4 is 16.8 Å². The summed E-state index contributed by atoms with van der Waals surface area (Å²) in [7, 11) is 0. The molecule has 3 nitrogen and oxygen atoms in total. The molecule has 2 heterocycles. The van der Waals surface area contributed by atoms with Gasteiger partial charge < -0.3 is 9.88 Å². The van der Waals surface area contributed by atoms with Crippen molar-refractivity contribution in [2.24, 2.45) is 5.92 Å². The van der Waals surface area contributed by atoms with E-state index in [1.54, 1.807) is 0 Å². The molecule has 0 spiro atoms. The van der Waals surface area contributed by atoms with Crippen molar-refractivity contribution in [3.63, 3.8) is 0 Å². The molecule has 0 radical (unpaired) electrons. The molecule has 1 aromatic carbocycles. The third-order valence-electron chi connectivity index (χ3n) is 6.74. The van der Waals surface area contributed by atoms with Crippen LogP contribution in [0.1, 0.15) is 75.6 Å². The quantitative estimate of drug-likeness (QED) is 0.665. The highest BCUT2D eigenvalue weighted by atomic mass is 19.1. The van der Waals surface area contributed by atoms with E-state index in [0.717, 1.165) is 62.3 Å². The molecule has 29 heavy (non-hydrogen) atoms.